The Balaban J connectivity index is 1.38. The fraction of sp³-hybridized carbons (Fsp3) is 0.400. The van der Waals surface area contributed by atoms with Crippen molar-refractivity contribution in [3.63, 3.8) is 0 Å². The molecule has 3 aliphatic rings. The van der Waals surface area contributed by atoms with E-state index in [1.807, 2.05) is 35.4 Å². The molecule has 0 bridgehead atoms. The van der Waals surface area contributed by atoms with Gasteiger partial charge in [0.1, 0.15) is 0 Å². The summed E-state index contributed by atoms with van der Waals surface area (Å²) in [5.41, 5.74) is 3.24. The van der Waals surface area contributed by atoms with Crippen LogP contribution in [0.2, 0.25) is 0 Å². The van der Waals surface area contributed by atoms with E-state index < -0.39 is 0 Å². The summed E-state index contributed by atoms with van der Waals surface area (Å²) in [6.45, 7) is 5.40. The van der Waals surface area contributed by atoms with Gasteiger partial charge in [-0.25, -0.2) is 9.97 Å². The molecule has 1 saturated heterocycles. The van der Waals surface area contributed by atoms with Crippen molar-refractivity contribution >= 4 is 41.1 Å². The lowest BCUT2D eigenvalue weighted by Gasteiger charge is -2.26. The third-order valence-corrected chi connectivity index (χ3v) is 8.16. The van der Waals surface area contributed by atoms with Crippen LogP contribution in [0.1, 0.15) is 22.6 Å². The summed E-state index contributed by atoms with van der Waals surface area (Å²) in [6.07, 6.45) is 7.81. The van der Waals surface area contributed by atoms with E-state index in [0.29, 0.717) is 5.95 Å². The fourth-order valence-corrected chi connectivity index (χ4v) is 6.46. The number of hydrogen-bond donors (Lipinski definition) is 3. The van der Waals surface area contributed by atoms with E-state index in [4.69, 9.17) is 4.98 Å². The Kier molecular flexibility index (Phi) is 5.94. The molecule has 152 valence electrons. The quantitative estimate of drug-likeness (QED) is 0.585. The first kappa shape index (κ1) is 19.6. The van der Waals surface area contributed by atoms with Crippen molar-refractivity contribution in [1.29, 1.82) is 0 Å². The first-order valence-corrected chi connectivity index (χ1v) is 12.4. The zero-order valence-corrected chi connectivity index (χ0v) is 18.4. The Morgan fingerprint density at radius 2 is 2.21 bits per heavy atom. The number of nitrogens with one attached hydrogen (secondary N) is 2. The van der Waals surface area contributed by atoms with Crippen LogP contribution in [0.3, 0.4) is 0 Å². The minimum atomic E-state index is 0.610. The standard InChI is InChI=1S/C20H23N5OS3/c26-29-14-3-1-2-13(8-14)23-20-22-10-17-19(24-20)16-9-15(28-18(16)12-27-17)11-25-6-4-21-5-7-25/h2,8-10,21,26H,1,3-7,11-12H2,(H,22,23,24). The number of fused-ring (bicyclic) bond motifs is 3. The van der Waals surface area contributed by atoms with E-state index in [1.54, 1.807) is 0 Å². The van der Waals surface area contributed by atoms with Gasteiger partial charge in [0.15, 0.2) is 0 Å². The Hall–Kier alpha value is -1.36. The van der Waals surface area contributed by atoms with Crippen molar-refractivity contribution in [2.75, 3.05) is 31.5 Å². The maximum absolute atomic E-state index is 9.32. The highest BCUT2D eigenvalue weighted by molar-refractivity contribution is 7.99. The zero-order valence-electron chi connectivity index (χ0n) is 16.0. The van der Waals surface area contributed by atoms with Crippen molar-refractivity contribution in [2.45, 2.75) is 30.0 Å². The summed E-state index contributed by atoms with van der Waals surface area (Å²) in [7, 11) is 0. The Bertz CT molecular complexity index is 965. The summed E-state index contributed by atoms with van der Waals surface area (Å²) in [5, 5.41) is 6.73. The Morgan fingerprint density at radius 3 is 3.07 bits per heavy atom. The molecular formula is C20H23N5OS3. The number of rotatable bonds is 5. The molecule has 0 unspecified atom stereocenters. The second-order valence-corrected chi connectivity index (χ2v) is 10.2. The first-order chi connectivity index (χ1) is 14.3. The van der Waals surface area contributed by atoms with Crippen molar-refractivity contribution in [2.24, 2.45) is 0 Å². The predicted molar refractivity (Wildman–Crippen MR) is 122 cm³/mol. The van der Waals surface area contributed by atoms with Gasteiger partial charge in [-0.2, -0.15) is 0 Å². The molecule has 29 heavy (non-hydrogen) atoms. The minimum Gasteiger partial charge on any atom is -0.326 e. The highest BCUT2D eigenvalue weighted by Crippen LogP contribution is 2.44. The second-order valence-electron chi connectivity index (χ2n) is 7.30. The number of allylic oxidation sites excluding steroid dienone is 3. The van der Waals surface area contributed by atoms with Crippen LogP contribution in [-0.2, 0) is 12.3 Å². The molecule has 0 atom stereocenters. The van der Waals surface area contributed by atoms with Gasteiger partial charge in [-0.3, -0.25) is 4.90 Å². The lowest BCUT2D eigenvalue weighted by Crippen LogP contribution is -2.42. The van der Waals surface area contributed by atoms with Crippen molar-refractivity contribution in [3.05, 3.63) is 44.8 Å². The monoisotopic (exact) mass is 445 g/mol. The third-order valence-electron chi connectivity index (χ3n) is 5.26. The topological polar surface area (TPSA) is 73.3 Å². The van der Waals surface area contributed by atoms with Crippen molar-refractivity contribution in [3.8, 4) is 11.3 Å². The molecule has 1 fully saturated rings. The molecule has 2 aliphatic heterocycles. The van der Waals surface area contributed by atoms with Gasteiger partial charge in [0.05, 0.1) is 10.6 Å². The van der Waals surface area contributed by atoms with Gasteiger partial charge >= 0.3 is 0 Å². The predicted octanol–water partition coefficient (Wildman–Crippen LogP) is 4.40. The van der Waals surface area contributed by atoms with Gasteiger partial charge in [-0.1, -0.05) is 6.08 Å². The molecule has 6 nitrogen and oxygen atoms in total. The van der Waals surface area contributed by atoms with Crippen LogP contribution in [0, 0.1) is 0 Å². The Morgan fingerprint density at radius 1 is 1.31 bits per heavy atom. The SMILES string of the molecule is OSC1=CC(Nc2ncc3c(n2)-c2cc(CN4CCNCC4)sc2CS3)=CCC1. The number of piperazine rings is 1. The molecule has 3 N–H and O–H groups in total. The number of nitrogens with zero attached hydrogens (tertiary/aromatic N) is 3. The summed E-state index contributed by atoms with van der Waals surface area (Å²) in [4.78, 5) is 16.8. The molecule has 5 rings (SSSR count). The summed E-state index contributed by atoms with van der Waals surface area (Å²) < 4.78 is 9.32. The van der Waals surface area contributed by atoms with E-state index in [9.17, 15) is 4.55 Å². The van der Waals surface area contributed by atoms with Gasteiger partial charge < -0.3 is 15.2 Å². The average Bonchev–Trinajstić information content (AvgIpc) is 3.17. The second kappa shape index (κ2) is 8.79. The van der Waals surface area contributed by atoms with Gasteiger partial charge in [0, 0.05) is 82.6 Å². The number of thioether (sulfide) groups is 1. The van der Waals surface area contributed by atoms with E-state index in [1.165, 1.54) is 15.3 Å². The lowest BCUT2D eigenvalue weighted by atomic mass is 10.1. The van der Waals surface area contributed by atoms with Gasteiger partial charge in [-0.05, 0) is 25.0 Å². The van der Waals surface area contributed by atoms with Crippen LogP contribution in [0.4, 0.5) is 5.95 Å². The highest BCUT2D eigenvalue weighted by Gasteiger charge is 2.23. The lowest BCUT2D eigenvalue weighted by molar-refractivity contribution is 0.235. The molecule has 4 heterocycles. The number of thiophene rings is 1. The van der Waals surface area contributed by atoms with Crippen LogP contribution in [0.25, 0.3) is 11.3 Å². The largest absolute Gasteiger partial charge is 0.326 e. The highest BCUT2D eigenvalue weighted by atomic mass is 32.2. The van der Waals surface area contributed by atoms with E-state index in [-0.39, 0.29) is 0 Å². The molecular weight excluding hydrogens is 422 g/mol. The molecule has 9 heteroatoms. The number of hydrogen-bond acceptors (Lipinski definition) is 9. The molecule has 0 spiro atoms. The molecule has 0 amide bonds. The first-order valence-electron chi connectivity index (χ1n) is 9.82. The van der Waals surface area contributed by atoms with Crippen LogP contribution >= 0.6 is 35.1 Å². The van der Waals surface area contributed by atoms with E-state index >= 15 is 0 Å². The molecule has 0 radical (unpaired) electrons. The smallest absolute Gasteiger partial charge is 0.227 e. The minimum absolute atomic E-state index is 0.610. The Labute approximate surface area is 183 Å². The number of anilines is 1. The zero-order chi connectivity index (χ0) is 19.6. The maximum atomic E-state index is 9.32. The summed E-state index contributed by atoms with van der Waals surface area (Å²) in [5.74, 6) is 1.61. The fourth-order valence-electron chi connectivity index (χ4n) is 3.79. The van der Waals surface area contributed by atoms with Gasteiger partial charge in [-0.15, -0.1) is 23.1 Å². The summed E-state index contributed by atoms with van der Waals surface area (Å²) in [6, 6.07) is 2.33. The van der Waals surface area contributed by atoms with Gasteiger partial charge in [0.2, 0.25) is 5.95 Å². The number of aromatic nitrogens is 2. The molecule has 2 aromatic rings. The van der Waals surface area contributed by atoms with E-state index in [2.05, 4.69) is 32.7 Å². The molecule has 1 aliphatic carbocycles. The maximum Gasteiger partial charge on any atom is 0.227 e. The molecule has 0 saturated carbocycles. The van der Waals surface area contributed by atoms with Crippen LogP contribution in [-0.4, -0.2) is 45.6 Å². The van der Waals surface area contributed by atoms with Crippen LogP contribution in [0.15, 0.2) is 39.9 Å². The van der Waals surface area contributed by atoms with Crippen LogP contribution < -0.4 is 10.6 Å². The third kappa shape index (κ3) is 4.40. The van der Waals surface area contributed by atoms with Crippen molar-refractivity contribution < 1.29 is 4.55 Å². The van der Waals surface area contributed by atoms with E-state index in [0.717, 1.165) is 84.6 Å². The molecule has 0 aromatic carbocycles. The van der Waals surface area contributed by atoms with Crippen LogP contribution in [0.5, 0.6) is 0 Å². The summed E-state index contributed by atoms with van der Waals surface area (Å²) >= 11 is 4.56. The van der Waals surface area contributed by atoms with Crippen molar-refractivity contribution in [1.82, 2.24) is 20.2 Å². The average molecular weight is 446 g/mol. The normalized spacial score (nSPS) is 19.2. The van der Waals surface area contributed by atoms with Gasteiger partial charge in [0.25, 0.3) is 0 Å². The molecule has 2 aromatic heterocycles.